The highest BCUT2D eigenvalue weighted by Gasteiger charge is 2.32. The second kappa shape index (κ2) is 8.02. The van der Waals surface area contributed by atoms with E-state index in [1.807, 2.05) is 48.5 Å². The normalized spacial score (nSPS) is 12.3. The van der Waals surface area contributed by atoms with Gasteiger partial charge in [-0.3, -0.25) is 14.9 Å². The number of nitro benzene ring substituents is 1. The Morgan fingerprint density at radius 3 is 2.14 bits per heavy atom. The zero-order valence-electron chi connectivity index (χ0n) is 15.5. The van der Waals surface area contributed by atoms with Gasteiger partial charge in [-0.1, -0.05) is 48.5 Å². The number of carbonyl (C=O) groups excluding carboxylic acids is 1. The van der Waals surface area contributed by atoms with E-state index in [0.29, 0.717) is 30.3 Å². The first kappa shape index (κ1) is 18.5. The minimum atomic E-state index is -0.470. The van der Waals surface area contributed by atoms with Gasteiger partial charge >= 0.3 is 0 Å². The van der Waals surface area contributed by atoms with Crippen LogP contribution in [0, 0.1) is 10.1 Å². The van der Waals surface area contributed by atoms with Gasteiger partial charge in [0, 0.05) is 30.3 Å². The first-order valence-corrected chi connectivity index (χ1v) is 9.26. The number of amides is 1. The molecule has 7 nitrogen and oxygen atoms in total. The van der Waals surface area contributed by atoms with Crippen LogP contribution in [0.1, 0.15) is 17.0 Å². The van der Waals surface area contributed by atoms with Crippen molar-refractivity contribution in [2.24, 2.45) is 0 Å². The van der Waals surface area contributed by atoms with Crippen molar-refractivity contribution in [3.8, 4) is 11.5 Å². The lowest BCUT2D eigenvalue weighted by atomic mass is 9.87. The summed E-state index contributed by atoms with van der Waals surface area (Å²) in [7, 11) is 0. The van der Waals surface area contributed by atoms with Crippen molar-refractivity contribution in [2.75, 3.05) is 18.4 Å². The Bertz CT molecular complexity index is 1020. The van der Waals surface area contributed by atoms with Gasteiger partial charge in [-0.25, -0.2) is 0 Å². The second-order valence-corrected chi connectivity index (χ2v) is 6.60. The number of para-hydroxylation sites is 4. The van der Waals surface area contributed by atoms with Crippen LogP contribution in [0.25, 0.3) is 0 Å². The van der Waals surface area contributed by atoms with Gasteiger partial charge in [0.05, 0.1) is 10.8 Å². The van der Waals surface area contributed by atoms with Crippen molar-refractivity contribution < 1.29 is 14.5 Å². The van der Waals surface area contributed by atoms with Crippen molar-refractivity contribution in [1.82, 2.24) is 5.32 Å². The van der Waals surface area contributed by atoms with Gasteiger partial charge in [-0.15, -0.1) is 0 Å². The molecule has 1 amide bonds. The maximum Gasteiger partial charge on any atom is 0.292 e. The van der Waals surface area contributed by atoms with Crippen LogP contribution in [0.5, 0.6) is 11.5 Å². The molecule has 29 heavy (non-hydrogen) atoms. The molecule has 0 saturated heterocycles. The number of ether oxygens (including phenoxy) is 1. The molecular weight excluding hydrogens is 370 g/mol. The second-order valence-electron chi connectivity index (χ2n) is 6.60. The van der Waals surface area contributed by atoms with Gasteiger partial charge in [0.25, 0.3) is 5.69 Å². The standard InChI is InChI=1S/C22H19N3O4/c26-22(24-14-13-23-17-9-3-4-10-18(17)25(27)28)21-15-7-1-5-11-19(15)29-20-12-6-2-8-16(20)21/h1-12,21,23H,13-14H2,(H,24,26). The lowest BCUT2D eigenvalue weighted by Crippen LogP contribution is -2.34. The van der Waals surface area contributed by atoms with Gasteiger partial charge in [-0.2, -0.15) is 0 Å². The smallest absolute Gasteiger partial charge is 0.292 e. The van der Waals surface area contributed by atoms with E-state index in [2.05, 4.69) is 10.6 Å². The van der Waals surface area contributed by atoms with Gasteiger partial charge in [-0.05, 0) is 18.2 Å². The summed E-state index contributed by atoms with van der Waals surface area (Å²) in [4.78, 5) is 23.7. The fraction of sp³-hybridized carbons (Fsp3) is 0.136. The van der Waals surface area contributed by atoms with Crippen LogP contribution in [-0.2, 0) is 4.79 Å². The molecule has 7 heteroatoms. The number of nitro groups is 1. The molecule has 0 unspecified atom stereocenters. The number of hydrogen-bond donors (Lipinski definition) is 2. The summed E-state index contributed by atoms with van der Waals surface area (Å²) in [5, 5.41) is 17.0. The number of nitrogens with zero attached hydrogens (tertiary/aromatic N) is 1. The molecule has 1 heterocycles. The molecular formula is C22H19N3O4. The van der Waals surface area contributed by atoms with Crippen LogP contribution in [-0.4, -0.2) is 23.9 Å². The van der Waals surface area contributed by atoms with Crippen molar-refractivity contribution in [2.45, 2.75) is 5.92 Å². The molecule has 0 bridgehead atoms. The molecule has 0 saturated carbocycles. The lowest BCUT2D eigenvalue weighted by molar-refractivity contribution is -0.384. The van der Waals surface area contributed by atoms with Crippen LogP contribution in [0.15, 0.2) is 72.8 Å². The summed E-state index contributed by atoms with van der Waals surface area (Å²) in [6.45, 7) is 0.690. The number of carbonyl (C=O) groups is 1. The van der Waals surface area contributed by atoms with Crippen LogP contribution in [0.3, 0.4) is 0 Å². The third kappa shape index (κ3) is 3.75. The number of anilines is 1. The van der Waals surface area contributed by atoms with Crippen molar-refractivity contribution in [3.05, 3.63) is 94.0 Å². The molecule has 3 aromatic rings. The zero-order chi connectivity index (χ0) is 20.2. The van der Waals surface area contributed by atoms with E-state index in [1.165, 1.54) is 6.07 Å². The average Bonchev–Trinajstić information content (AvgIpc) is 2.75. The van der Waals surface area contributed by atoms with Crippen molar-refractivity contribution >= 4 is 17.3 Å². The Balaban J connectivity index is 1.45. The number of hydrogen-bond acceptors (Lipinski definition) is 5. The number of nitrogens with one attached hydrogen (secondary N) is 2. The van der Waals surface area contributed by atoms with E-state index < -0.39 is 10.8 Å². The predicted octanol–water partition coefficient (Wildman–Crippen LogP) is 4.06. The van der Waals surface area contributed by atoms with Crippen LogP contribution in [0.2, 0.25) is 0 Å². The summed E-state index contributed by atoms with van der Waals surface area (Å²) >= 11 is 0. The molecule has 0 aliphatic carbocycles. The first-order valence-electron chi connectivity index (χ1n) is 9.26. The highest BCUT2D eigenvalue weighted by molar-refractivity contribution is 5.89. The van der Waals surface area contributed by atoms with E-state index in [1.54, 1.807) is 18.2 Å². The Morgan fingerprint density at radius 1 is 0.897 bits per heavy atom. The van der Waals surface area contributed by atoms with Crippen molar-refractivity contribution in [3.63, 3.8) is 0 Å². The molecule has 3 aromatic carbocycles. The fourth-order valence-corrected chi connectivity index (χ4v) is 3.46. The summed E-state index contributed by atoms with van der Waals surface area (Å²) in [6.07, 6.45) is 0. The monoisotopic (exact) mass is 389 g/mol. The van der Waals surface area contributed by atoms with E-state index >= 15 is 0 Å². The SMILES string of the molecule is O=C(NCCNc1ccccc1[N+](=O)[O-])C1c2ccccc2Oc2ccccc21. The molecule has 0 spiro atoms. The number of fused-ring (bicyclic) bond motifs is 2. The summed E-state index contributed by atoms with van der Waals surface area (Å²) in [5.74, 6) is 0.730. The van der Waals surface area contributed by atoms with Crippen LogP contribution < -0.4 is 15.4 Å². The van der Waals surface area contributed by atoms with Crippen LogP contribution in [0.4, 0.5) is 11.4 Å². The topological polar surface area (TPSA) is 93.5 Å². The molecule has 0 fully saturated rings. The molecule has 146 valence electrons. The lowest BCUT2D eigenvalue weighted by Gasteiger charge is -2.27. The molecule has 0 aromatic heterocycles. The van der Waals surface area contributed by atoms with E-state index in [9.17, 15) is 14.9 Å². The molecule has 0 atom stereocenters. The van der Waals surface area contributed by atoms with Crippen molar-refractivity contribution in [1.29, 1.82) is 0 Å². The highest BCUT2D eigenvalue weighted by atomic mass is 16.6. The Labute approximate surface area is 167 Å². The Hall–Kier alpha value is -3.87. The quantitative estimate of drug-likeness (QED) is 0.377. The number of benzene rings is 3. The molecule has 0 radical (unpaired) electrons. The summed E-state index contributed by atoms with van der Waals surface area (Å²) in [5.41, 5.74) is 2.06. The molecule has 1 aliphatic rings. The predicted molar refractivity (Wildman–Crippen MR) is 109 cm³/mol. The first-order chi connectivity index (χ1) is 14.1. The summed E-state index contributed by atoms with van der Waals surface area (Å²) < 4.78 is 5.92. The highest BCUT2D eigenvalue weighted by Crippen LogP contribution is 2.43. The van der Waals surface area contributed by atoms with Crippen LogP contribution >= 0.6 is 0 Å². The minimum Gasteiger partial charge on any atom is -0.457 e. The zero-order valence-corrected chi connectivity index (χ0v) is 15.5. The fourth-order valence-electron chi connectivity index (χ4n) is 3.46. The van der Waals surface area contributed by atoms with Gasteiger partial charge in [0.1, 0.15) is 17.2 Å². The minimum absolute atomic E-state index is 0.00566. The maximum absolute atomic E-state index is 13.0. The number of rotatable bonds is 6. The van der Waals surface area contributed by atoms with Gasteiger partial charge in [0.2, 0.25) is 5.91 Å². The average molecular weight is 389 g/mol. The maximum atomic E-state index is 13.0. The Morgan fingerprint density at radius 2 is 1.48 bits per heavy atom. The van der Waals surface area contributed by atoms with E-state index in [0.717, 1.165) is 11.1 Å². The van der Waals surface area contributed by atoms with Gasteiger partial charge in [0.15, 0.2) is 0 Å². The molecule has 1 aliphatic heterocycles. The third-order valence-corrected chi connectivity index (χ3v) is 4.78. The Kier molecular flexibility index (Phi) is 5.11. The molecule has 4 rings (SSSR count). The van der Waals surface area contributed by atoms with Gasteiger partial charge < -0.3 is 15.4 Å². The third-order valence-electron chi connectivity index (χ3n) is 4.78. The van der Waals surface area contributed by atoms with E-state index in [-0.39, 0.29) is 11.6 Å². The summed E-state index contributed by atoms with van der Waals surface area (Å²) in [6, 6.07) is 21.4. The largest absolute Gasteiger partial charge is 0.457 e. The van der Waals surface area contributed by atoms with E-state index in [4.69, 9.17) is 4.74 Å². The molecule has 2 N–H and O–H groups in total.